The Morgan fingerprint density at radius 3 is 2.87 bits per heavy atom. The van der Waals surface area contributed by atoms with Crippen LogP contribution in [0.1, 0.15) is 13.3 Å². The third-order valence-electron chi connectivity index (χ3n) is 2.76. The van der Waals surface area contributed by atoms with Crippen LogP contribution in [-0.2, 0) is 14.8 Å². The minimum Gasteiger partial charge on any atom is -0.382 e. The summed E-state index contributed by atoms with van der Waals surface area (Å²) >= 11 is 5.79. The number of ether oxygens (including phenoxy) is 1. The Morgan fingerprint density at radius 2 is 2.17 bits per heavy atom. The number of halogens is 1. The van der Waals surface area contributed by atoms with Crippen LogP contribution in [0.25, 0.3) is 0 Å². The summed E-state index contributed by atoms with van der Waals surface area (Å²) in [5.41, 5.74) is 5.67. The van der Waals surface area contributed by atoms with Crippen LogP contribution >= 0.6 is 11.6 Å². The van der Waals surface area contributed by atoms with Gasteiger partial charge < -0.3 is 15.8 Å². The number of aliphatic imine (C=N–C) groups is 1. The summed E-state index contributed by atoms with van der Waals surface area (Å²) in [6.45, 7) is 4.35. The molecule has 0 radical (unpaired) electrons. The van der Waals surface area contributed by atoms with E-state index < -0.39 is 10.0 Å². The fourth-order valence-corrected chi connectivity index (χ4v) is 2.99. The van der Waals surface area contributed by atoms with Gasteiger partial charge in [-0.15, -0.1) is 0 Å². The maximum absolute atomic E-state index is 12.0. The molecule has 1 aromatic rings. The Hall–Kier alpha value is -1.35. The minimum absolute atomic E-state index is 0.127. The highest BCUT2D eigenvalue weighted by molar-refractivity contribution is 7.89. The van der Waals surface area contributed by atoms with E-state index in [4.69, 9.17) is 22.1 Å². The van der Waals surface area contributed by atoms with Crippen LogP contribution in [0.4, 0.5) is 0 Å². The van der Waals surface area contributed by atoms with Crippen molar-refractivity contribution < 1.29 is 13.2 Å². The summed E-state index contributed by atoms with van der Waals surface area (Å²) in [5, 5.41) is 3.21. The summed E-state index contributed by atoms with van der Waals surface area (Å²) in [6, 6.07) is 6.08. The number of hydrogen-bond donors (Lipinski definition) is 3. The molecule has 0 fully saturated rings. The molecule has 0 aliphatic heterocycles. The van der Waals surface area contributed by atoms with Crippen molar-refractivity contribution in [2.45, 2.75) is 18.2 Å². The predicted molar refractivity (Wildman–Crippen MR) is 92.2 cm³/mol. The summed E-state index contributed by atoms with van der Waals surface area (Å²) in [5.74, 6) is 0.281. The highest BCUT2D eigenvalue weighted by atomic mass is 35.5. The van der Waals surface area contributed by atoms with Crippen molar-refractivity contribution in [3.8, 4) is 0 Å². The Bertz CT molecular complexity index is 608. The van der Waals surface area contributed by atoms with E-state index in [1.54, 1.807) is 12.1 Å². The lowest BCUT2D eigenvalue weighted by atomic mass is 10.4. The standard InChI is InChI=1S/C14H23ClN4O3S/c1-2-22-10-4-7-17-14(16)18-8-9-19-23(20,21)13-6-3-5-12(15)11-13/h3,5-6,11,19H,2,4,7-10H2,1H3,(H3,16,17,18). The molecule has 0 atom stereocenters. The van der Waals surface area contributed by atoms with E-state index in [9.17, 15) is 8.42 Å². The van der Waals surface area contributed by atoms with Gasteiger partial charge >= 0.3 is 0 Å². The fraction of sp³-hybridized carbons (Fsp3) is 0.500. The first-order chi connectivity index (χ1) is 11.0. The molecule has 4 N–H and O–H groups in total. The normalized spacial score (nSPS) is 12.3. The third-order valence-corrected chi connectivity index (χ3v) is 4.46. The van der Waals surface area contributed by atoms with Gasteiger partial charge in [0.05, 0.1) is 4.90 Å². The van der Waals surface area contributed by atoms with E-state index in [2.05, 4.69) is 15.0 Å². The highest BCUT2D eigenvalue weighted by Crippen LogP contribution is 2.14. The van der Waals surface area contributed by atoms with E-state index in [1.165, 1.54) is 12.1 Å². The maximum Gasteiger partial charge on any atom is 0.240 e. The van der Waals surface area contributed by atoms with Crippen LogP contribution in [0.2, 0.25) is 5.02 Å². The van der Waals surface area contributed by atoms with Gasteiger partial charge in [-0.05, 0) is 31.5 Å². The molecular weight excluding hydrogens is 340 g/mol. The SMILES string of the molecule is CCOCCCN=C(N)NCCNS(=O)(=O)c1cccc(Cl)c1. The van der Waals surface area contributed by atoms with Gasteiger partial charge in [0.15, 0.2) is 5.96 Å². The van der Waals surface area contributed by atoms with E-state index in [-0.39, 0.29) is 17.4 Å². The molecule has 0 unspecified atom stereocenters. The Balaban J connectivity index is 2.29. The van der Waals surface area contributed by atoms with Crippen molar-refractivity contribution in [2.24, 2.45) is 10.7 Å². The van der Waals surface area contributed by atoms with Crippen LogP contribution in [0.15, 0.2) is 34.2 Å². The molecule has 0 amide bonds. The van der Waals surface area contributed by atoms with Gasteiger partial charge in [0, 0.05) is 37.9 Å². The van der Waals surface area contributed by atoms with E-state index in [0.29, 0.717) is 31.3 Å². The quantitative estimate of drug-likeness (QED) is 0.326. The second kappa shape index (κ2) is 10.4. The van der Waals surface area contributed by atoms with E-state index in [1.807, 2.05) is 6.92 Å². The average molecular weight is 363 g/mol. The molecule has 0 aliphatic rings. The molecule has 1 rings (SSSR count). The molecule has 0 saturated carbocycles. The van der Waals surface area contributed by atoms with Crippen LogP contribution in [-0.4, -0.2) is 47.2 Å². The van der Waals surface area contributed by atoms with Gasteiger partial charge in [0.25, 0.3) is 0 Å². The molecule has 0 aromatic heterocycles. The van der Waals surface area contributed by atoms with Gasteiger partial charge in [0.1, 0.15) is 0 Å². The first-order valence-electron chi connectivity index (χ1n) is 7.32. The van der Waals surface area contributed by atoms with Gasteiger partial charge in [-0.25, -0.2) is 13.1 Å². The number of rotatable bonds is 10. The van der Waals surface area contributed by atoms with Gasteiger partial charge in [-0.3, -0.25) is 4.99 Å². The summed E-state index contributed by atoms with van der Waals surface area (Å²) < 4.78 is 31.7. The lowest BCUT2D eigenvalue weighted by Crippen LogP contribution is -2.38. The summed E-state index contributed by atoms with van der Waals surface area (Å²) in [7, 11) is -3.58. The number of benzene rings is 1. The number of nitrogens with zero attached hydrogens (tertiary/aromatic N) is 1. The fourth-order valence-electron chi connectivity index (χ4n) is 1.66. The molecule has 23 heavy (non-hydrogen) atoms. The molecule has 0 aliphatic carbocycles. The molecule has 7 nitrogen and oxygen atoms in total. The zero-order chi connectivity index (χ0) is 17.1. The van der Waals surface area contributed by atoms with Crippen molar-refractivity contribution >= 4 is 27.6 Å². The van der Waals surface area contributed by atoms with Crippen LogP contribution in [0.3, 0.4) is 0 Å². The van der Waals surface area contributed by atoms with Crippen molar-refractivity contribution in [1.29, 1.82) is 0 Å². The molecule has 9 heteroatoms. The number of guanidine groups is 1. The summed E-state index contributed by atoms with van der Waals surface area (Å²) in [6.07, 6.45) is 0.789. The maximum atomic E-state index is 12.0. The average Bonchev–Trinajstić information content (AvgIpc) is 2.51. The number of nitrogens with two attached hydrogens (primary N) is 1. The molecule has 1 aromatic carbocycles. The lowest BCUT2D eigenvalue weighted by molar-refractivity contribution is 0.146. The van der Waals surface area contributed by atoms with Crippen LogP contribution in [0, 0.1) is 0 Å². The van der Waals surface area contributed by atoms with E-state index >= 15 is 0 Å². The van der Waals surface area contributed by atoms with Gasteiger partial charge in [0.2, 0.25) is 10.0 Å². The minimum atomic E-state index is -3.58. The molecule has 0 spiro atoms. The van der Waals surface area contributed by atoms with Crippen molar-refractivity contribution in [3.05, 3.63) is 29.3 Å². The zero-order valence-electron chi connectivity index (χ0n) is 13.1. The number of nitrogens with one attached hydrogen (secondary N) is 2. The smallest absolute Gasteiger partial charge is 0.240 e. The largest absolute Gasteiger partial charge is 0.382 e. The molecule has 0 saturated heterocycles. The van der Waals surface area contributed by atoms with Crippen LogP contribution < -0.4 is 15.8 Å². The second-order valence-corrected chi connectivity index (χ2v) is 6.80. The topological polar surface area (TPSA) is 106 Å². The van der Waals surface area contributed by atoms with E-state index in [0.717, 1.165) is 6.42 Å². The Kier molecular flexibility index (Phi) is 8.93. The Morgan fingerprint density at radius 1 is 1.39 bits per heavy atom. The molecular formula is C14H23ClN4O3S. The number of sulfonamides is 1. The van der Waals surface area contributed by atoms with Gasteiger partial charge in [-0.1, -0.05) is 17.7 Å². The van der Waals surface area contributed by atoms with Gasteiger partial charge in [-0.2, -0.15) is 0 Å². The van der Waals surface area contributed by atoms with Crippen LogP contribution in [0.5, 0.6) is 0 Å². The number of hydrogen-bond acceptors (Lipinski definition) is 4. The Labute approximate surface area is 142 Å². The molecule has 0 heterocycles. The third kappa shape index (κ3) is 8.17. The monoisotopic (exact) mass is 362 g/mol. The zero-order valence-corrected chi connectivity index (χ0v) is 14.7. The predicted octanol–water partition coefficient (Wildman–Crippen LogP) is 0.949. The first-order valence-corrected chi connectivity index (χ1v) is 9.18. The lowest BCUT2D eigenvalue weighted by Gasteiger charge is -2.08. The van der Waals surface area contributed by atoms with Crippen molar-refractivity contribution in [1.82, 2.24) is 10.0 Å². The highest BCUT2D eigenvalue weighted by Gasteiger charge is 2.13. The molecule has 130 valence electrons. The molecule has 0 bridgehead atoms. The second-order valence-electron chi connectivity index (χ2n) is 4.60. The van der Waals surface area contributed by atoms with Crippen molar-refractivity contribution in [3.63, 3.8) is 0 Å². The first kappa shape index (κ1) is 19.7. The summed E-state index contributed by atoms with van der Waals surface area (Å²) in [4.78, 5) is 4.24. The van der Waals surface area contributed by atoms with Crippen molar-refractivity contribution in [2.75, 3.05) is 32.8 Å².